The predicted molar refractivity (Wildman–Crippen MR) is 88.9 cm³/mol. The first-order chi connectivity index (χ1) is 10.5. The molecule has 1 atom stereocenters. The third-order valence-corrected chi connectivity index (χ3v) is 4.45. The Kier molecular flexibility index (Phi) is 6.00. The third kappa shape index (κ3) is 4.32. The minimum absolute atomic E-state index is 0.0104. The van der Waals surface area contributed by atoms with Gasteiger partial charge in [0, 0.05) is 26.2 Å². The largest absolute Gasteiger partial charge is 0.351 e. The lowest BCUT2D eigenvalue weighted by Crippen LogP contribution is -2.43. The number of amides is 1. The molecule has 1 aliphatic heterocycles. The van der Waals surface area contributed by atoms with Crippen LogP contribution in [0.5, 0.6) is 0 Å². The van der Waals surface area contributed by atoms with Gasteiger partial charge in [-0.15, -0.1) is 0 Å². The molecule has 2 rings (SSSR count). The highest BCUT2D eigenvalue weighted by Gasteiger charge is 2.23. The minimum Gasteiger partial charge on any atom is -0.351 e. The predicted octanol–water partition coefficient (Wildman–Crippen LogP) is 2.36. The summed E-state index contributed by atoms with van der Waals surface area (Å²) in [6, 6.07) is 0.615. The molecule has 5 nitrogen and oxygen atoms in total. The van der Waals surface area contributed by atoms with Crippen molar-refractivity contribution in [2.24, 2.45) is 13.0 Å². The molecule has 0 aromatic carbocycles. The normalized spacial score (nSPS) is 19.6. The van der Waals surface area contributed by atoms with E-state index < -0.39 is 0 Å². The fourth-order valence-electron chi connectivity index (χ4n) is 3.40. The summed E-state index contributed by atoms with van der Waals surface area (Å²) in [7, 11) is 1.86. The van der Waals surface area contributed by atoms with E-state index in [2.05, 4.69) is 29.0 Å². The summed E-state index contributed by atoms with van der Waals surface area (Å²) < 4.78 is 1.79. The highest BCUT2D eigenvalue weighted by atomic mass is 16.1. The second-order valence-electron chi connectivity index (χ2n) is 6.87. The molecule has 0 bridgehead atoms. The number of carbonyl (C=O) groups excluding carboxylic acids is 1. The number of aromatic nitrogens is 2. The first kappa shape index (κ1) is 17.0. The van der Waals surface area contributed by atoms with E-state index in [9.17, 15) is 4.79 Å². The number of rotatable bonds is 6. The number of hydrogen-bond donors (Lipinski definition) is 1. The van der Waals surface area contributed by atoms with Gasteiger partial charge in [0.15, 0.2) is 0 Å². The Morgan fingerprint density at radius 3 is 2.86 bits per heavy atom. The first-order valence-electron chi connectivity index (χ1n) is 8.49. The zero-order chi connectivity index (χ0) is 16.1. The van der Waals surface area contributed by atoms with Crippen molar-refractivity contribution >= 4 is 5.91 Å². The topological polar surface area (TPSA) is 50.2 Å². The molecule has 0 spiro atoms. The lowest BCUT2D eigenvalue weighted by molar-refractivity contribution is 0.0925. The average Bonchev–Trinajstić information content (AvgIpc) is 2.79. The highest BCUT2D eigenvalue weighted by Crippen LogP contribution is 2.20. The zero-order valence-corrected chi connectivity index (χ0v) is 14.4. The Balaban J connectivity index is 1.83. The molecule has 1 aliphatic rings. The van der Waals surface area contributed by atoms with Crippen LogP contribution in [-0.4, -0.2) is 46.0 Å². The fourth-order valence-corrected chi connectivity index (χ4v) is 3.40. The average molecular weight is 306 g/mol. The molecular weight excluding hydrogens is 276 g/mol. The van der Waals surface area contributed by atoms with Crippen LogP contribution in [0.4, 0.5) is 0 Å². The Labute approximate surface area is 134 Å². The van der Waals surface area contributed by atoms with Crippen molar-refractivity contribution in [3.63, 3.8) is 0 Å². The molecule has 0 radical (unpaired) electrons. The van der Waals surface area contributed by atoms with Crippen molar-refractivity contribution in [2.75, 3.05) is 19.6 Å². The van der Waals surface area contributed by atoms with Gasteiger partial charge in [-0.05, 0) is 38.6 Å². The van der Waals surface area contributed by atoms with Gasteiger partial charge < -0.3 is 14.8 Å². The van der Waals surface area contributed by atoms with Crippen LogP contribution in [0.3, 0.4) is 0 Å². The van der Waals surface area contributed by atoms with Crippen LogP contribution in [-0.2, 0) is 7.05 Å². The number of imidazole rings is 1. The molecule has 1 aromatic rings. The molecule has 1 aromatic heterocycles. The van der Waals surface area contributed by atoms with Gasteiger partial charge in [-0.2, -0.15) is 0 Å². The van der Waals surface area contributed by atoms with E-state index in [-0.39, 0.29) is 5.91 Å². The van der Waals surface area contributed by atoms with Gasteiger partial charge in [-0.1, -0.05) is 20.3 Å². The Morgan fingerprint density at radius 1 is 1.45 bits per heavy atom. The van der Waals surface area contributed by atoms with E-state index in [1.165, 1.54) is 32.4 Å². The van der Waals surface area contributed by atoms with Gasteiger partial charge in [-0.25, -0.2) is 4.98 Å². The summed E-state index contributed by atoms with van der Waals surface area (Å²) in [6.45, 7) is 9.54. The second kappa shape index (κ2) is 7.77. The van der Waals surface area contributed by atoms with Crippen LogP contribution >= 0.6 is 0 Å². The van der Waals surface area contributed by atoms with Crippen molar-refractivity contribution in [3.8, 4) is 0 Å². The molecule has 124 valence electrons. The molecule has 0 aliphatic carbocycles. The van der Waals surface area contributed by atoms with Gasteiger partial charge in [0.1, 0.15) is 5.69 Å². The van der Waals surface area contributed by atoms with Crippen LogP contribution in [0.2, 0.25) is 0 Å². The number of nitrogens with zero attached hydrogens (tertiary/aromatic N) is 3. The van der Waals surface area contributed by atoms with Gasteiger partial charge in [0.2, 0.25) is 0 Å². The van der Waals surface area contributed by atoms with Crippen molar-refractivity contribution in [2.45, 2.75) is 52.5 Å². The van der Waals surface area contributed by atoms with Crippen molar-refractivity contribution in [1.29, 1.82) is 0 Å². The van der Waals surface area contributed by atoms with Gasteiger partial charge in [0.25, 0.3) is 5.91 Å². The lowest BCUT2D eigenvalue weighted by Gasteiger charge is -2.37. The quantitative estimate of drug-likeness (QED) is 0.878. The van der Waals surface area contributed by atoms with E-state index in [0.29, 0.717) is 17.7 Å². The summed E-state index contributed by atoms with van der Waals surface area (Å²) in [4.78, 5) is 19.0. The van der Waals surface area contributed by atoms with Crippen molar-refractivity contribution in [1.82, 2.24) is 19.8 Å². The summed E-state index contributed by atoms with van der Waals surface area (Å²) >= 11 is 0. The van der Waals surface area contributed by atoms with E-state index >= 15 is 0 Å². The molecule has 0 saturated carbocycles. The van der Waals surface area contributed by atoms with Gasteiger partial charge >= 0.3 is 0 Å². The molecule has 1 N–H and O–H groups in total. The Bertz CT molecular complexity index is 475. The maximum Gasteiger partial charge on any atom is 0.269 e. The van der Waals surface area contributed by atoms with Gasteiger partial charge in [0.05, 0.1) is 12.0 Å². The van der Waals surface area contributed by atoms with Gasteiger partial charge in [-0.3, -0.25) is 4.79 Å². The summed E-state index contributed by atoms with van der Waals surface area (Å²) in [5, 5.41) is 3.06. The molecule has 2 heterocycles. The highest BCUT2D eigenvalue weighted by molar-refractivity contribution is 5.93. The van der Waals surface area contributed by atoms with Crippen molar-refractivity contribution < 1.29 is 4.79 Å². The van der Waals surface area contributed by atoms with E-state index in [0.717, 1.165) is 18.7 Å². The van der Waals surface area contributed by atoms with Crippen LogP contribution < -0.4 is 5.32 Å². The monoisotopic (exact) mass is 306 g/mol. The van der Waals surface area contributed by atoms with E-state index in [1.807, 2.05) is 14.0 Å². The summed E-state index contributed by atoms with van der Waals surface area (Å²) in [6.07, 6.45) is 6.61. The molecule has 1 fully saturated rings. The molecular formula is C17H30N4O. The molecule has 1 amide bonds. The van der Waals surface area contributed by atoms with E-state index in [1.54, 1.807) is 10.9 Å². The second-order valence-corrected chi connectivity index (χ2v) is 6.87. The summed E-state index contributed by atoms with van der Waals surface area (Å²) in [5.41, 5.74) is 1.46. The smallest absolute Gasteiger partial charge is 0.269 e. The minimum atomic E-state index is -0.0104. The number of hydrogen-bond acceptors (Lipinski definition) is 3. The number of piperidine rings is 1. The number of carbonyl (C=O) groups is 1. The molecule has 1 saturated heterocycles. The van der Waals surface area contributed by atoms with Crippen LogP contribution in [0, 0.1) is 12.8 Å². The first-order valence-corrected chi connectivity index (χ1v) is 8.49. The maximum absolute atomic E-state index is 12.3. The molecule has 0 unspecified atom stereocenters. The number of nitrogens with one attached hydrogen (secondary N) is 1. The van der Waals surface area contributed by atoms with Crippen LogP contribution in [0.15, 0.2) is 6.33 Å². The maximum atomic E-state index is 12.3. The zero-order valence-electron chi connectivity index (χ0n) is 14.4. The summed E-state index contributed by atoms with van der Waals surface area (Å²) in [5.74, 6) is 0.691. The Morgan fingerprint density at radius 2 is 2.23 bits per heavy atom. The third-order valence-electron chi connectivity index (χ3n) is 4.45. The van der Waals surface area contributed by atoms with Crippen LogP contribution in [0.1, 0.15) is 55.7 Å². The van der Waals surface area contributed by atoms with Crippen molar-refractivity contribution in [3.05, 3.63) is 17.7 Å². The number of likely N-dealkylation sites (tertiary alicyclic amines) is 1. The fraction of sp³-hybridized carbons (Fsp3) is 0.765. The number of aryl methyl sites for hydroxylation is 2. The molecule has 5 heteroatoms. The molecule has 22 heavy (non-hydrogen) atoms. The lowest BCUT2D eigenvalue weighted by atomic mass is 9.98. The standard InChI is InChI=1S/C17H30N4O/c1-13(2)11-21-10-6-5-7-15(21)8-9-18-17(22)16-14(3)19-12-20(16)4/h12-13,15H,5-11H2,1-4H3,(H,18,22)/t15-/m0/s1. The SMILES string of the molecule is Cc1ncn(C)c1C(=O)NCC[C@@H]1CCCCN1CC(C)C. The van der Waals surface area contributed by atoms with E-state index in [4.69, 9.17) is 0 Å². The van der Waals surface area contributed by atoms with Crippen LogP contribution in [0.25, 0.3) is 0 Å². The Hall–Kier alpha value is -1.36.